The summed E-state index contributed by atoms with van der Waals surface area (Å²) in [4.78, 5) is 15.9. The van der Waals surface area contributed by atoms with Crippen molar-refractivity contribution < 1.29 is 9.53 Å². The number of hydrogen-bond acceptors (Lipinski definition) is 6. The van der Waals surface area contributed by atoms with Crippen LogP contribution in [0.25, 0.3) is 0 Å². The number of likely N-dealkylation sites (N-methyl/N-ethyl adjacent to an activating group) is 1. The molecule has 2 aliphatic heterocycles. The highest BCUT2D eigenvalue weighted by Gasteiger charge is 2.39. The summed E-state index contributed by atoms with van der Waals surface area (Å²) in [5.74, 6) is 0.575. The minimum atomic E-state index is -0.220. The molecule has 2 aliphatic rings. The average Bonchev–Trinajstić information content (AvgIpc) is 2.92. The number of amides is 1. The lowest BCUT2D eigenvalue weighted by Crippen LogP contribution is -2.48. The molecule has 2 unspecified atom stereocenters. The molecule has 0 saturated carbocycles. The third-order valence-electron chi connectivity index (χ3n) is 4.01. The number of nitrogens with one attached hydrogen (secondary N) is 1. The fourth-order valence-electron chi connectivity index (χ4n) is 2.79. The lowest BCUT2D eigenvalue weighted by atomic mass is 10.1. The zero-order valence-corrected chi connectivity index (χ0v) is 11.7. The number of morpholine rings is 1. The SMILES string of the molecule is CNC(=O)c1ccc(N2CC3OCCN(C)C3C2)nn1. The van der Waals surface area contributed by atoms with Gasteiger partial charge in [0, 0.05) is 26.7 Å². The van der Waals surface area contributed by atoms with E-state index in [0.717, 1.165) is 32.1 Å². The fourth-order valence-corrected chi connectivity index (χ4v) is 2.79. The molecule has 108 valence electrons. The van der Waals surface area contributed by atoms with E-state index in [1.807, 2.05) is 6.07 Å². The van der Waals surface area contributed by atoms with Gasteiger partial charge in [0.1, 0.15) is 0 Å². The molecule has 3 rings (SSSR count). The van der Waals surface area contributed by atoms with E-state index in [1.165, 1.54) is 0 Å². The Labute approximate surface area is 117 Å². The standard InChI is InChI=1S/C13H19N5O2/c1-14-13(19)9-3-4-12(16-15-9)18-7-10-11(8-18)20-6-5-17(10)2/h3-4,10-11H,5-8H2,1-2H3,(H,14,19). The predicted octanol–water partition coefficient (Wildman–Crippen LogP) is -0.645. The Balaban J connectivity index is 1.72. The highest BCUT2D eigenvalue weighted by atomic mass is 16.5. The van der Waals surface area contributed by atoms with Crippen LogP contribution in [0.15, 0.2) is 12.1 Å². The molecule has 3 heterocycles. The smallest absolute Gasteiger partial charge is 0.271 e. The van der Waals surface area contributed by atoms with Crippen molar-refractivity contribution in [1.82, 2.24) is 20.4 Å². The highest BCUT2D eigenvalue weighted by Crippen LogP contribution is 2.25. The van der Waals surface area contributed by atoms with Crippen LogP contribution in [0.1, 0.15) is 10.5 Å². The summed E-state index contributed by atoms with van der Waals surface area (Å²) in [5, 5.41) is 10.7. The maximum Gasteiger partial charge on any atom is 0.271 e. The lowest BCUT2D eigenvalue weighted by molar-refractivity contribution is -0.0362. The molecule has 0 aliphatic carbocycles. The van der Waals surface area contributed by atoms with Crippen molar-refractivity contribution in [2.75, 3.05) is 45.2 Å². The quantitative estimate of drug-likeness (QED) is 0.775. The number of carbonyl (C=O) groups excluding carboxylic acids is 1. The van der Waals surface area contributed by atoms with Crippen molar-refractivity contribution >= 4 is 11.7 Å². The summed E-state index contributed by atoms with van der Waals surface area (Å²) in [7, 11) is 3.71. The molecule has 1 aromatic rings. The van der Waals surface area contributed by atoms with E-state index in [9.17, 15) is 4.79 Å². The van der Waals surface area contributed by atoms with Crippen LogP contribution in [0.4, 0.5) is 5.82 Å². The van der Waals surface area contributed by atoms with Crippen LogP contribution >= 0.6 is 0 Å². The molecule has 7 nitrogen and oxygen atoms in total. The van der Waals surface area contributed by atoms with Crippen molar-refractivity contribution in [2.45, 2.75) is 12.1 Å². The van der Waals surface area contributed by atoms with Crippen LogP contribution in [0.3, 0.4) is 0 Å². The Hall–Kier alpha value is -1.73. The number of carbonyl (C=O) groups is 1. The van der Waals surface area contributed by atoms with Crippen LogP contribution in [0.2, 0.25) is 0 Å². The van der Waals surface area contributed by atoms with Crippen LogP contribution in [0, 0.1) is 0 Å². The third-order valence-corrected chi connectivity index (χ3v) is 4.01. The highest BCUT2D eigenvalue weighted by molar-refractivity contribution is 5.91. The van der Waals surface area contributed by atoms with Crippen LogP contribution in [-0.4, -0.2) is 73.5 Å². The number of ether oxygens (including phenoxy) is 1. The minimum absolute atomic E-state index is 0.220. The second kappa shape index (κ2) is 5.34. The Morgan fingerprint density at radius 1 is 1.40 bits per heavy atom. The first kappa shape index (κ1) is 13.3. The first-order valence-corrected chi connectivity index (χ1v) is 6.81. The molecule has 2 atom stereocenters. The summed E-state index contributed by atoms with van der Waals surface area (Å²) < 4.78 is 5.81. The molecule has 20 heavy (non-hydrogen) atoms. The Morgan fingerprint density at radius 3 is 2.90 bits per heavy atom. The van der Waals surface area contributed by atoms with E-state index in [0.29, 0.717) is 11.7 Å². The molecule has 0 spiro atoms. The molecule has 2 fully saturated rings. The molecule has 0 radical (unpaired) electrons. The first-order chi connectivity index (χ1) is 9.69. The second-order valence-electron chi connectivity index (χ2n) is 5.22. The van der Waals surface area contributed by atoms with Gasteiger partial charge in [0.05, 0.1) is 18.8 Å². The summed E-state index contributed by atoms with van der Waals surface area (Å²) in [6, 6.07) is 3.95. The number of anilines is 1. The predicted molar refractivity (Wildman–Crippen MR) is 73.8 cm³/mol. The molecule has 1 aromatic heterocycles. The van der Waals surface area contributed by atoms with Gasteiger partial charge in [-0.2, -0.15) is 0 Å². The Kier molecular flexibility index (Phi) is 3.54. The monoisotopic (exact) mass is 277 g/mol. The van der Waals surface area contributed by atoms with Crippen molar-refractivity contribution in [2.24, 2.45) is 0 Å². The molecular weight excluding hydrogens is 258 g/mol. The van der Waals surface area contributed by atoms with Gasteiger partial charge in [0.25, 0.3) is 5.91 Å². The maximum absolute atomic E-state index is 11.4. The number of hydrogen-bond donors (Lipinski definition) is 1. The van der Waals surface area contributed by atoms with Crippen molar-refractivity contribution in [3.63, 3.8) is 0 Å². The van der Waals surface area contributed by atoms with Crippen molar-refractivity contribution in [3.8, 4) is 0 Å². The van der Waals surface area contributed by atoms with Crippen molar-refractivity contribution in [3.05, 3.63) is 17.8 Å². The zero-order chi connectivity index (χ0) is 14.1. The van der Waals surface area contributed by atoms with Gasteiger partial charge < -0.3 is 15.0 Å². The average molecular weight is 277 g/mol. The Bertz CT molecular complexity index is 492. The van der Waals surface area contributed by atoms with Gasteiger partial charge in [-0.1, -0.05) is 0 Å². The van der Waals surface area contributed by atoms with E-state index in [1.54, 1.807) is 13.1 Å². The molecule has 2 saturated heterocycles. The van der Waals surface area contributed by atoms with Gasteiger partial charge in [0.15, 0.2) is 11.5 Å². The van der Waals surface area contributed by atoms with Crippen molar-refractivity contribution in [1.29, 1.82) is 0 Å². The summed E-state index contributed by atoms with van der Waals surface area (Å²) in [6.07, 6.45) is 0.231. The van der Waals surface area contributed by atoms with E-state index >= 15 is 0 Å². The molecule has 7 heteroatoms. The first-order valence-electron chi connectivity index (χ1n) is 6.81. The van der Waals surface area contributed by atoms with Gasteiger partial charge >= 0.3 is 0 Å². The zero-order valence-electron chi connectivity index (χ0n) is 11.7. The number of aromatic nitrogens is 2. The minimum Gasteiger partial charge on any atom is -0.373 e. The molecule has 1 amide bonds. The molecule has 0 aromatic carbocycles. The number of rotatable bonds is 2. The van der Waals surface area contributed by atoms with Gasteiger partial charge in [0.2, 0.25) is 0 Å². The van der Waals surface area contributed by atoms with Gasteiger partial charge in [-0.05, 0) is 19.2 Å². The largest absolute Gasteiger partial charge is 0.373 e. The van der Waals surface area contributed by atoms with E-state index in [-0.39, 0.29) is 12.0 Å². The van der Waals surface area contributed by atoms with Gasteiger partial charge in [-0.15, -0.1) is 10.2 Å². The second-order valence-corrected chi connectivity index (χ2v) is 5.22. The summed E-state index contributed by atoms with van der Waals surface area (Å²) in [6.45, 7) is 3.46. The van der Waals surface area contributed by atoms with Gasteiger partial charge in [-0.25, -0.2) is 0 Å². The lowest BCUT2D eigenvalue weighted by Gasteiger charge is -2.33. The third kappa shape index (κ3) is 2.34. The van der Waals surface area contributed by atoms with E-state index in [2.05, 4.69) is 32.4 Å². The topological polar surface area (TPSA) is 70.6 Å². The van der Waals surface area contributed by atoms with E-state index in [4.69, 9.17) is 4.74 Å². The number of fused-ring (bicyclic) bond motifs is 1. The molecule has 1 N–H and O–H groups in total. The maximum atomic E-state index is 11.4. The summed E-state index contributed by atoms with van der Waals surface area (Å²) >= 11 is 0. The number of nitrogens with zero attached hydrogens (tertiary/aromatic N) is 4. The van der Waals surface area contributed by atoms with Crippen LogP contribution in [-0.2, 0) is 4.74 Å². The van der Waals surface area contributed by atoms with Crippen LogP contribution in [0.5, 0.6) is 0 Å². The van der Waals surface area contributed by atoms with Crippen LogP contribution < -0.4 is 10.2 Å². The molecule has 0 bridgehead atoms. The van der Waals surface area contributed by atoms with E-state index < -0.39 is 0 Å². The fraction of sp³-hybridized carbons (Fsp3) is 0.615. The molecular formula is C13H19N5O2. The summed E-state index contributed by atoms with van der Waals surface area (Å²) in [5.41, 5.74) is 0.334. The van der Waals surface area contributed by atoms with Gasteiger partial charge in [-0.3, -0.25) is 9.69 Å². The normalized spacial score (nSPS) is 26.4. The Morgan fingerprint density at radius 2 is 2.25 bits per heavy atom.